The quantitative estimate of drug-likeness (QED) is 0.860. The molecule has 2 N–H and O–H groups in total. The number of nitrogens with zero attached hydrogens (tertiary/aromatic N) is 3. The van der Waals surface area contributed by atoms with Crippen LogP contribution < -0.4 is 5.56 Å². The average Bonchev–Trinajstić information content (AvgIpc) is 3.19. The lowest BCUT2D eigenvalue weighted by molar-refractivity contribution is -0.0609. The van der Waals surface area contributed by atoms with Gasteiger partial charge in [0.05, 0.1) is 5.60 Å². The largest absolute Gasteiger partial charge is 0.390 e. The van der Waals surface area contributed by atoms with Gasteiger partial charge in [-0.15, -0.1) is 0 Å². The van der Waals surface area contributed by atoms with Crippen molar-refractivity contribution in [3.8, 4) is 0 Å². The van der Waals surface area contributed by atoms with Crippen LogP contribution in [0.1, 0.15) is 48.7 Å². The topological polar surface area (TPSA) is 90.7 Å². The summed E-state index contributed by atoms with van der Waals surface area (Å²) in [5.41, 5.74) is 0.344. The summed E-state index contributed by atoms with van der Waals surface area (Å²) >= 11 is 0. The Hall–Kier alpha value is -2.15. The van der Waals surface area contributed by atoms with Crippen molar-refractivity contribution < 1.29 is 9.90 Å². The molecule has 3 heterocycles. The Morgan fingerprint density at radius 1 is 1.48 bits per heavy atom. The van der Waals surface area contributed by atoms with Crippen LogP contribution >= 0.6 is 0 Å². The van der Waals surface area contributed by atoms with Gasteiger partial charge in [0.25, 0.3) is 11.5 Å². The van der Waals surface area contributed by atoms with Crippen LogP contribution in [0, 0.1) is 18.8 Å². The average molecular weight is 344 g/mol. The summed E-state index contributed by atoms with van der Waals surface area (Å²) in [6.45, 7) is 4.97. The predicted molar refractivity (Wildman–Crippen MR) is 92.5 cm³/mol. The Morgan fingerprint density at radius 3 is 3.04 bits per heavy atom. The molecule has 2 fully saturated rings. The Balaban J connectivity index is 1.64. The number of amides is 1. The van der Waals surface area contributed by atoms with E-state index in [0.717, 1.165) is 25.0 Å². The maximum absolute atomic E-state index is 12.9. The van der Waals surface area contributed by atoms with Gasteiger partial charge < -0.3 is 10.0 Å². The smallest absolute Gasteiger partial charge is 0.285 e. The first-order valence-corrected chi connectivity index (χ1v) is 9.02. The zero-order valence-electron chi connectivity index (χ0n) is 14.7. The molecule has 1 amide bonds. The van der Waals surface area contributed by atoms with Crippen molar-refractivity contribution in [2.24, 2.45) is 11.8 Å². The fraction of sp³-hybridized carbons (Fsp3) is 0.611. The third kappa shape index (κ3) is 2.49. The summed E-state index contributed by atoms with van der Waals surface area (Å²) in [7, 11) is 0. The van der Waals surface area contributed by atoms with Crippen molar-refractivity contribution in [3.05, 3.63) is 33.9 Å². The number of nitrogens with one attached hydrogen (secondary N) is 1. The summed E-state index contributed by atoms with van der Waals surface area (Å²) in [4.78, 5) is 31.5. The number of hydrogen-bond acceptors (Lipinski definition) is 4. The maximum atomic E-state index is 12.9. The van der Waals surface area contributed by atoms with Gasteiger partial charge in [0.2, 0.25) is 0 Å². The number of aromatic amines is 1. The number of carbonyl (C=O) groups is 1. The number of likely N-dealkylation sites (tertiary alicyclic amines) is 1. The van der Waals surface area contributed by atoms with Gasteiger partial charge in [-0.1, -0.05) is 13.3 Å². The minimum atomic E-state index is -0.689. The van der Waals surface area contributed by atoms with E-state index in [4.69, 9.17) is 0 Å². The molecule has 134 valence electrons. The monoisotopic (exact) mass is 344 g/mol. The molecule has 0 aromatic carbocycles. The summed E-state index contributed by atoms with van der Waals surface area (Å²) < 4.78 is 1.31. The number of aryl methyl sites for hydroxylation is 1. The lowest BCUT2D eigenvalue weighted by Gasteiger charge is -2.40. The third-order valence-electron chi connectivity index (χ3n) is 6.07. The van der Waals surface area contributed by atoms with Crippen LogP contribution in [0.5, 0.6) is 0 Å². The highest BCUT2D eigenvalue weighted by Gasteiger charge is 2.49. The molecule has 25 heavy (non-hydrogen) atoms. The molecule has 4 rings (SSSR count). The molecule has 3 atom stereocenters. The predicted octanol–water partition coefficient (Wildman–Crippen LogP) is 1.34. The first-order chi connectivity index (χ1) is 11.9. The van der Waals surface area contributed by atoms with Crippen molar-refractivity contribution in [2.45, 2.75) is 45.1 Å². The van der Waals surface area contributed by atoms with Crippen LogP contribution in [0.4, 0.5) is 0 Å². The molecular formula is C18H24N4O3. The lowest BCUT2D eigenvalue weighted by atomic mass is 9.69. The molecule has 1 aliphatic heterocycles. The molecule has 0 unspecified atom stereocenters. The second-order valence-electron chi connectivity index (χ2n) is 7.54. The van der Waals surface area contributed by atoms with Crippen molar-refractivity contribution in [2.75, 3.05) is 13.1 Å². The van der Waals surface area contributed by atoms with Crippen molar-refractivity contribution in [1.82, 2.24) is 19.5 Å². The molecule has 1 aliphatic carbocycles. The molecule has 2 aromatic heterocycles. The van der Waals surface area contributed by atoms with E-state index in [1.165, 1.54) is 10.7 Å². The van der Waals surface area contributed by atoms with Gasteiger partial charge in [-0.05, 0) is 32.1 Å². The SMILES string of the molecule is CC[C@]1(O)CCC[C@H]2CN(C(=O)c3cnc4cc(C)[nH]n4c3=O)C[C@H]21. The molecule has 7 heteroatoms. The first kappa shape index (κ1) is 16.3. The first-order valence-electron chi connectivity index (χ1n) is 9.02. The van der Waals surface area contributed by atoms with Crippen LogP contribution in [0.25, 0.3) is 5.65 Å². The van der Waals surface area contributed by atoms with Gasteiger partial charge in [-0.25, -0.2) is 9.50 Å². The zero-order valence-corrected chi connectivity index (χ0v) is 14.7. The molecule has 2 aliphatic rings. The molecule has 0 spiro atoms. The van der Waals surface area contributed by atoms with E-state index < -0.39 is 5.60 Å². The summed E-state index contributed by atoms with van der Waals surface area (Å²) in [5, 5.41) is 13.8. The number of fused-ring (bicyclic) bond motifs is 2. The van der Waals surface area contributed by atoms with Crippen LogP contribution in [0.2, 0.25) is 0 Å². The van der Waals surface area contributed by atoms with Crippen LogP contribution in [-0.2, 0) is 0 Å². The third-order valence-corrected chi connectivity index (χ3v) is 6.07. The van der Waals surface area contributed by atoms with Gasteiger partial charge >= 0.3 is 0 Å². The molecular weight excluding hydrogens is 320 g/mol. The number of hydrogen-bond donors (Lipinski definition) is 2. The Kier molecular flexibility index (Phi) is 3.72. The Bertz CT molecular complexity index is 886. The summed E-state index contributed by atoms with van der Waals surface area (Å²) in [5.74, 6) is 0.129. The Labute approximate surface area is 145 Å². The fourth-order valence-electron chi connectivity index (χ4n) is 4.63. The molecule has 7 nitrogen and oxygen atoms in total. The van der Waals surface area contributed by atoms with E-state index in [0.29, 0.717) is 31.1 Å². The number of aromatic nitrogens is 3. The minimum Gasteiger partial charge on any atom is -0.390 e. The zero-order chi connectivity index (χ0) is 17.8. The van der Waals surface area contributed by atoms with Gasteiger partial charge in [-0.3, -0.25) is 14.7 Å². The Morgan fingerprint density at radius 2 is 2.28 bits per heavy atom. The van der Waals surface area contributed by atoms with Crippen LogP contribution in [-0.4, -0.2) is 49.2 Å². The molecule has 1 saturated heterocycles. The van der Waals surface area contributed by atoms with E-state index in [1.807, 2.05) is 13.8 Å². The summed E-state index contributed by atoms with van der Waals surface area (Å²) in [6.07, 6.45) is 4.90. The van der Waals surface area contributed by atoms with Gasteiger partial charge in [0.1, 0.15) is 5.56 Å². The number of rotatable bonds is 2. The van der Waals surface area contributed by atoms with E-state index >= 15 is 0 Å². The standard InChI is InChI=1S/C18H24N4O3/c1-3-18(25)6-4-5-12-9-21(10-14(12)18)16(23)13-8-19-15-7-11(2)20-22(15)17(13)24/h7-8,12,14,20,25H,3-6,9-10H2,1-2H3/t12-,14+,18-/m0/s1. The lowest BCUT2D eigenvalue weighted by Crippen LogP contribution is -2.44. The minimum absolute atomic E-state index is 0.0815. The fourth-order valence-corrected chi connectivity index (χ4v) is 4.63. The highest BCUT2D eigenvalue weighted by molar-refractivity contribution is 5.94. The summed E-state index contributed by atoms with van der Waals surface area (Å²) in [6, 6.07) is 1.77. The number of carbonyl (C=O) groups excluding carboxylic acids is 1. The van der Waals surface area contributed by atoms with E-state index in [-0.39, 0.29) is 22.9 Å². The molecule has 0 radical (unpaired) electrons. The van der Waals surface area contributed by atoms with Crippen molar-refractivity contribution in [3.63, 3.8) is 0 Å². The molecule has 2 aromatic rings. The van der Waals surface area contributed by atoms with Crippen molar-refractivity contribution >= 4 is 11.6 Å². The van der Waals surface area contributed by atoms with E-state index in [2.05, 4.69) is 10.1 Å². The van der Waals surface area contributed by atoms with E-state index in [1.54, 1.807) is 11.0 Å². The second kappa shape index (κ2) is 5.69. The van der Waals surface area contributed by atoms with Gasteiger partial charge in [-0.2, -0.15) is 0 Å². The maximum Gasteiger partial charge on any atom is 0.285 e. The number of aliphatic hydroxyl groups is 1. The molecule has 1 saturated carbocycles. The van der Waals surface area contributed by atoms with Crippen LogP contribution in [0.3, 0.4) is 0 Å². The number of H-pyrrole nitrogens is 1. The second-order valence-corrected chi connectivity index (χ2v) is 7.54. The van der Waals surface area contributed by atoms with Gasteiger partial charge in [0, 0.05) is 37.0 Å². The van der Waals surface area contributed by atoms with Crippen molar-refractivity contribution in [1.29, 1.82) is 0 Å². The van der Waals surface area contributed by atoms with E-state index in [9.17, 15) is 14.7 Å². The highest BCUT2D eigenvalue weighted by Crippen LogP contribution is 2.44. The normalized spacial score (nSPS) is 29.2. The van der Waals surface area contributed by atoms with Gasteiger partial charge in [0.15, 0.2) is 5.65 Å². The molecule has 0 bridgehead atoms. The van der Waals surface area contributed by atoms with Crippen LogP contribution in [0.15, 0.2) is 17.1 Å². The highest BCUT2D eigenvalue weighted by atomic mass is 16.3.